The Morgan fingerprint density at radius 3 is 2.92 bits per heavy atom. The number of rotatable bonds is 6. The van der Waals surface area contributed by atoms with Crippen LogP contribution in [0.2, 0.25) is 0 Å². The van der Waals surface area contributed by atoms with Crippen LogP contribution in [0.15, 0.2) is 11.3 Å². The van der Waals surface area contributed by atoms with E-state index in [1.165, 1.54) is 0 Å². The van der Waals surface area contributed by atoms with Crippen molar-refractivity contribution < 1.29 is 4.74 Å². The molecule has 0 aliphatic carbocycles. The Balaban J connectivity index is 0.00000288. The van der Waals surface area contributed by atoms with Gasteiger partial charge in [0.2, 0.25) is 0 Å². The lowest BCUT2D eigenvalue weighted by Gasteiger charge is -2.38. The van der Waals surface area contributed by atoms with Crippen LogP contribution in [0.1, 0.15) is 26.6 Å². The van der Waals surface area contributed by atoms with Gasteiger partial charge in [-0.2, -0.15) is 5.10 Å². The van der Waals surface area contributed by atoms with Crippen LogP contribution in [0.25, 0.3) is 0 Å². The molecule has 2 unspecified atom stereocenters. The fourth-order valence-corrected chi connectivity index (χ4v) is 2.71. The fourth-order valence-electron chi connectivity index (χ4n) is 2.71. The molecule has 1 aromatic rings. The van der Waals surface area contributed by atoms with E-state index in [0.717, 1.165) is 44.6 Å². The normalized spacial score (nSPS) is 20.3. The highest BCUT2D eigenvalue weighted by Crippen LogP contribution is 2.10. The zero-order valence-electron chi connectivity index (χ0n) is 15.0. The minimum absolute atomic E-state index is 0. The van der Waals surface area contributed by atoms with Crippen LogP contribution in [0.3, 0.4) is 0 Å². The molecule has 1 aliphatic heterocycles. The van der Waals surface area contributed by atoms with Gasteiger partial charge in [0.15, 0.2) is 5.96 Å². The first-order valence-corrected chi connectivity index (χ1v) is 8.30. The van der Waals surface area contributed by atoms with E-state index in [2.05, 4.69) is 51.4 Å². The number of halogens is 1. The monoisotopic (exact) mass is 451 g/mol. The van der Waals surface area contributed by atoms with Crippen LogP contribution < -0.4 is 10.6 Å². The molecule has 0 bridgehead atoms. The van der Waals surface area contributed by atoms with Gasteiger partial charge in [0.1, 0.15) is 18.7 Å². The first-order valence-electron chi connectivity index (χ1n) is 8.30. The van der Waals surface area contributed by atoms with Crippen molar-refractivity contribution in [1.82, 2.24) is 30.3 Å². The summed E-state index contributed by atoms with van der Waals surface area (Å²) in [5, 5.41) is 10.8. The molecule has 1 saturated heterocycles. The lowest BCUT2D eigenvalue weighted by Crippen LogP contribution is -2.53. The summed E-state index contributed by atoms with van der Waals surface area (Å²) in [4.78, 5) is 11.2. The molecule has 0 aromatic carbocycles. The molecule has 1 fully saturated rings. The highest BCUT2D eigenvalue weighted by atomic mass is 127. The summed E-state index contributed by atoms with van der Waals surface area (Å²) in [6, 6.07) is 0.881. The van der Waals surface area contributed by atoms with E-state index in [0.29, 0.717) is 18.6 Å². The van der Waals surface area contributed by atoms with E-state index in [-0.39, 0.29) is 24.0 Å². The molecule has 0 saturated carbocycles. The van der Waals surface area contributed by atoms with Gasteiger partial charge in [0.05, 0.1) is 13.2 Å². The maximum absolute atomic E-state index is 5.50. The lowest BCUT2D eigenvalue weighted by atomic mass is 10.2. The smallest absolute Gasteiger partial charge is 0.191 e. The summed E-state index contributed by atoms with van der Waals surface area (Å²) in [6.07, 6.45) is 1.55. The number of nitrogens with zero attached hydrogens (tertiary/aromatic N) is 5. The number of morpholine rings is 1. The highest BCUT2D eigenvalue weighted by Gasteiger charge is 2.23. The second-order valence-corrected chi connectivity index (χ2v) is 5.89. The third-order valence-corrected chi connectivity index (χ3v) is 4.08. The average molecular weight is 451 g/mol. The van der Waals surface area contributed by atoms with E-state index >= 15 is 0 Å². The van der Waals surface area contributed by atoms with Crippen molar-refractivity contribution in [2.75, 3.05) is 32.8 Å². The summed E-state index contributed by atoms with van der Waals surface area (Å²) in [7, 11) is 1.88. The molecule has 0 amide bonds. The van der Waals surface area contributed by atoms with Crippen molar-refractivity contribution in [2.45, 2.75) is 39.4 Å². The number of aryl methyl sites for hydroxylation is 1. The minimum atomic E-state index is 0. The molecule has 2 atom stereocenters. The number of nitrogens with one attached hydrogen (secondary N) is 2. The molecule has 2 heterocycles. The molecule has 0 radical (unpaired) electrons. The number of aromatic nitrogens is 3. The van der Waals surface area contributed by atoms with Gasteiger partial charge >= 0.3 is 0 Å². The molecule has 138 valence electrons. The zero-order chi connectivity index (χ0) is 16.7. The predicted molar refractivity (Wildman–Crippen MR) is 106 cm³/mol. The van der Waals surface area contributed by atoms with Crippen LogP contribution in [-0.2, 0) is 18.3 Å². The number of ether oxygens (including phenoxy) is 1. The summed E-state index contributed by atoms with van der Waals surface area (Å²) >= 11 is 0. The van der Waals surface area contributed by atoms with E-state index < -0.39 is 0 Å². The lowest BCUT2D eigenvalue weighted by molar-refractivity contribution is -0.0174. The first kappa shape index (κ1) is 21.1. The third-order valence-electron chi connectivity index (χ3n) is 4.08. The predicted octanol–water partition coefficient (Wildman–Crippen LogP) is 0.597. The van der Waals surface area contributed by atoms with Crippen LogP contribution in [0.5, 0.6) is 0 Å². The number of guanidine groups is 1. The largest absolute Gasteiger partial charge is 0.379 e. The van der Waals surface area contributed by atoms with Gasteiger partial charge in [-0.25, -0.2) is 9.98 Å². The van der Waals surface area contributed by atoms with E-state index in [1.807, 2.05) is 7.05 Å². The van der Waals surface area contributed by atoms with Gasteiger partial charge in [-0.15, -0.1) is 24.0 Å². The maximum atomic E-state index is 5.50. The van der Waals surface area contributed by atoms with Gasteiger partial charge < -0.3 is 15.4 Å². The molecule has 1 aliphatic rings. The van der Waals surface area contributed by atoms with Crippen LogP contribution in [-0.4, -0.2) is 70.6 Å². The molecule has 2 N–H and O–H groups in total. The molecule has 1 aromatic heterocycles. The second kappa shape index (κ2) is 10.8. The average Bonchev–Trinajstić information content (AvgIpc) is 2.95. The molecule has 8 nitrogen and oxygen atoms in total. The summed E-state index contributed by atoms with van der Waals surface area (Å²) in [5.41, 5.74) is 0. The molecular weight excluding hydrogens is 421 g/mol. The molecule has 9 heteroatoms. The minimum Gasteiger partial charge on any atom is -0.379 e. The number of aliphatic imine (C=N–C) groups is 1. The standard InChI is InChI=1S/C15H29N7O.HI/c1-5-16-15(18-9-14-19-11-20-21(14)4)17-8-12(2)22-6-7-23-10-13(22)3;/h11-13H,5-10H2,1-4H3,(H2,16,17,18);1H. The quantitative estimate of drug-likeness (QED) is 0.375. The van der Waals surface area contributed by atoms with Gasteiger partial charge in [-0.1, -0.05) is 0 Å². The molecule has 24 heavy (non-hydrogen) atoms. The second-order valence-electron chi connectivity index (χ2n) is 5.89. The number of hydrogen-bond acceptors (Lipinski definition) is 5. The summed E-state index contributed by atoms with van der Waals surface area (Å²) in [5.74, 6) is 1.65. The van der Waals surface area contributed by atoms with Crippen LogP contribution in [0.4, 0.5) is 0 Å². The first-order chi connectivity index (χ1) is 11.1. The van der Waals surface area contributed by atoms with E-state index in [9.17, 15) is 0 Å². The maximum Gasteiger partial charge on any atom is 0.191 e. The number of hydrogen-bond donors (Lipinski definition) is 2. The Bertz CT molecular complexity index is 508. The highest BCUT2D eigenvalue weighted by molar-refractivity contribution is 14.0. The van der Waals surface area contributed by atoms with Gasteiger partial charge in [-0.3, -0.25) is 9.58 Å². The Kier molecular flexibility index (Phi) is 9.52. The van der Waals surface area contributed by atoms with E-state index in [4.69, 9.17) is 4.74 Å². The van der Waals surface area contributed by atoms with Crippen molar-refractivity contribution >= 4 is 29.9 Å². The topological polar surface area (TPSA) is 79.6 Å². The fraction of sp³-hybridized carbons (Fsp3) is 0.800. The van der Waals surface area contributed by atoms with Crippen molar-refractivity contribution in [3.05, 3.63) is 12.2 Å². The molecule has 2 rings (SSSR count). The Morgan fingerprint density at radius 2 is 2.29 bits per heavy atom. The molecule has 0 spiro atoms. The van der Waals surface area contributed by atoms with Gasteiger partial charge in [0, 0.05) is 38.8 Å². The van der Waals surface area contributed by atoms with Crippen LogP contribution >= 0.6 is 24.0 Å². The summed E-state index contributed by atoms with van der Waals surface area (Å²) < 4.78 is 7.25. The van der Waals surface area contributed by atoms with Gasteiger partial charge in [0.25, 0.3) is 0 Å². The van der Waals surface area contributed by atoms with Crippen molar-refractivity contribution in [3.63, 3.8) is 0 Å². The van der Waals surface area contributed by atoms with Crippen LogP contribution in [0, 0.1) is 0 Å². The Labute approximate surface area is 161 Å². The third kappa shape index (κ3) is 6.17. The van der Waals surface area contributed by atoms with Crippen molar-refractivity contribution in [3.8, 4) is 0 Å². The summed E-state index contributed by atoms with van der Waals surface area (Å²) in [6.45, 7) is 11.3. The zero-order valence-corrected chi connectivity index (χ0v) is 17.4. The van der Waals surface area contributed by atoms with Crippen molar-refractivity contribution in [1.29, 1.82) is 0 Å². The van der Waals surface area contributed by atoms with E-state index in [1.54, 1.807) is 11.0 Å². The van der Waals surface area contributed by atoms with Crippen molar-refractivity contribution in [2.24, 2.45) is 12.0 Å². The Hall–Kier alpha value is -0.940. The molecular formula is C15H30IN7O. The Morgan fingerprint density at radius 1 is 1.50 bits per heavy atom. The SMILES string of the molecule is CCNC(=NCc1ncnn1C)NCC(C)N1CCOCC1C.I. The van der Waals surface area contributed by atoms with Gasteiger partial charge in [-0.05, 0) is 20.8 Å².